The second-order valence-corrected chi connectivity index (χ2v) is 5.90. The molecule has 0 bridgehead atoms. The zero-order valence-corrected chi connectivity index (χ0v) is 11.9. The third kappa shape index (κ3) is 2.33. The van der Waals surface area contributed by atoms with Gasteiger partial charge < -0.3 is 9.64 Å². The lowest BCUT2D eigenvalue weighted by molar-refractivity contribution is -0.0751. The van der Waals surface area contributed by atoms with Gasteiger partial charge in [-0.05, 0) is 32.9 Å². The van der Waals surface area contributed by atoms with Crippen molar-refractivity contribution in [2.24, 2.45) is 0 Å². The maximum absolute atomic E-state index is 13.8. The summed E-state index contributed by atoms with van der Waals surface area (Å²) in [6.45, 7) is 7.61. The predicted molar refractivity (Wildman–Crippen MR) is 76.3 cm³/mol. The van der Waals surface area contributed by atoms with Gasteiger partial charge in [-0.1, -0.05) is 6.07 Å². The van der Waals surface area contributed by atoms with Crippen molar-refractivity contribution in [2.45, 2.75) is 32.5 Å². The minimum Gasteiger partial charge on any atom is -0.369 e. The summed E-state index contributed by atoms with van der Waals surface area (Å²) in [7, 11) is 0. The van der Waals surface area contributed by atoms with E-state index in [1.807, 2.05) is 13.0 Å². The molecule has 20 heavy (non-hydrogen) atoms. The minimum absolute atomic E-state index is 0.109. The van der Waals surface area contributed by atoms with Crippen molar-refractivity contribution in [1.82, 2.24) is 9.97 Å². The fourth-order valence-corrected chi connectivity index (χ4v) is 2.90. The van der Waals surface area contributed by atoms with Crippen LogP contribution in [0.25, 0.3) is 10.9 Å². The summed E-state index contributed by atoms with van der Waals surface area (Å²) in [6, 6.07) is 4.98. The molecule has 1 aliphatic rings. The van der Waals surface area contributed by atoms with E-state index in [0.29, 0.717) is 5.52 Å². The molecule has 0 aliphatic carbocycles. The monoisotopic (exact) mass is 275 g/mol. The topological polar surface area (TPSA) is 38.2 Å². The van der Waals surface area contributed by atoms with Crippen molar-refractivity contribution < 1.29 is 9.13 Å². The smallest absolute Gasteiger partial charge is 0.149 e. The highest BCUT2D eigenvalue weighted by molar-refractivity contribution is 5.89. The van der Waals surface area contributed by atoms with Crippen molar-refractivity contribution in [3.8, 4) is 0 Å². The molecule has 0 spiro atoms. The van der Waals surface area contributed by atoms with Gasteiger partial charge in [-0.3, -0.25) is 0 Å². The molecule has 2 aromatic rings. The fraction of sp³-hybridized carbons (Fsp3) is 0.467. The van der Waals surface area contributed by atoms with Gasteiger partial charge in [0, 0.05) is 18.5 Å². The first-order valence-corrected chi connectivity index (χ1v) is 6.78. The van der Waals surface area contributed by atoms with Crippen LogP contribution >= 0.6 is 0 Å². The molecule has 2 heterocycles. The van der Waals surface area contributed by atoms with Gasteiger partial charge in [0.15, 0.2) is 0 Å². The Hall–Kier alpha value is -1.75. The maximum atomic E-state index is 13.8. The average molecular weight is 275 g/mol. The van der Waals surface area contributed by atoms with Crippen molar-refractivity contribution in [3.05, 3.63) is 30.3 Å². The molecule has 1 unspecified atom stereocenters. The number of aromatic nitrogens is 2. The van der Waals surface area contributed by atoms with Gasteiger partial charge in [-0.15, -0.1) is 0 Å². The highest BCUT2D eigenvalue weighted by Crippen LogP contribution is 2.29. The number of benzene rings is 1. The van der Waals surface area contributed by atoms with E-state index >= 15 is 0 Å². The Kier molecular flexibility index (Phi) is 3.09. The molecular weight excluding hydrogens is 257 g/mol. The quantitative estimate of drug-likeness (QED) is 0.802. The zero-order chi connectivity index (χ0) is 14.3. The first kappa shape index (κ1) is 13.2. The summed E-state index contributed by atoms with van der Waals surface area (Å²) in [6.07, 6.45) is 1.53. The second kappa shape index (κ2) is 4.66. The number of hydrogen-bond acceptors (Lipinski definition) is 4. The number of para-hydroxylation sites is 1. The number of rotatable bonds is 1. The van der Waals surface area contributed by atoms with Crippen LogP contribution in [0.2, 0.25) is 0 Å². The maximum Gasteiger partial charge on any atom is 0.149 e. The lowest BCUT2D eigenvalue weighted by atomic mass is 10.0. The van der Waals surface area contributed by atoms with Crippen LogP contribution in [0.1, 0.15) is 20.8 Å². The van der Waals surface area contributed by atoms with E-state index < -0.39 is 0 Å². The molecule has 1 atom stereocenters. The summed E-state index contributed by atoms with van der Waals surface area (Å²) >= 11 is 0. The summed E-state index contributed by atoms with van der Waals surface area (Å²) < 4.78 is 19.7. The molecule has 5 heteroatoms. The van der Waals surface area contributed by atoms with Crippen LogP contribution < -0.4 is 4.90 Å². The Morgan fingerprint density at radius 1 is 1.35 bits per heavy atom. The molecule has 0 N–H and O–H groups in total. The molecule has 1 fully saturated rings. The zero-order valence-electron chi connectivity index (χ0n) is 11.9. The van der Waals surface area contributed by atoms with E-state index in [1.165, 1.54) is 12.4 Å². The van der Waals surface area contributed by atoms with E-state index in [1.54, 1.807) is 6.07 Å². The first-order valence-electron chi connectivity index (χ1n) is 6.78. The molecule has 3 rings (SSSR count). The van der Waals surface area contributed by atoms with Gasteiger partial charge >= 0.3 is 0 Å². The number of fused-ring (bicyclic) bond motifs is 1. The lowest BCUT2D eigenvalue weighted by Gasteiger charge is -2.42. The Bertz CT molecular complexity index is 644. The third-order valence-electron chi connectivity index (χ3n) is 3.46. The molecule has 0 amide bonds. The van der Waals surface area contributed by atoms with Gasteiger partial charge in [-0.25, -0.2) is 14.4 Å². The molecule has 106 valence electrons. The van der Waals surface area contributed by atoms with Crippen LogP contribution in [0.3, 0.4) is 0 Å². The van der Waals surface area contributed by atoms with Crippen LogP contribution in [-0.2, 0) is 4.74 Å². The largest absolute Gasteiger partial charge is 0.369 e. The highest BCUT2D eigenvalue weighted by Gasteiger charge is 2.32. The van der Waals surface area contributed by atoms with Crippen LogP contribution in [0.15, 0.2) is 24.5 Å². The van der Waals surface area contributed by atoms with E-state index in [2.05, 4.69) is 28.7 Å². The third-order valence-corrected chi connectivity index (χ3v) is 3.46. The van der Waals surface area contributed by atoms with Crippen molar-refractivity contribution in [3.63, 3.8) is 0 Å². The number of nitrogens with zero attached hydrogens (tertiary/aromatic N) is 3. The number of ether oxygens (including phenoxy) is 1. The summed E-state index contributed by atoms with van der Waals surface area (Å²) in [5.41, 5.74) is 0.122. The highest BCUT2D eigenvalue weighted by atomic mass is 19.1. The second-order valence-electron chi connectivity index (χ2n) is 5.90. The number of hydrogen-bond donors (Lipinski definition) is 0. The molecule has 1 aliphatic heterocycles. The Labute approximate surface area is 117 Å². The summed E-state index contributed by atoms with van der Waals surface area (Å²) in [5.74, 6) is 0.462. The molecule has 1 saturated heterocycles. The van der Waals surface area contributed by atoms with Gasteiger partial charge in [-0.2, -0.15) is 0 Å². The van der Waals surface area contributed by atoms with Crippen LogP contribution in [0.4, 0.5) is 10.2 Å². The minimum atomic E-state index is -0.313. The van der Waals surface area contributed by atoms with Crippen molar-refractivity contribution in [1.29, 1.82) is 0 Å². The molecule has 0 radical (unpaired) electrons. The Morgan fingerprint density at radius 3 is 2.90 bits per heavy atom. The van der Waals surface area contributed by atoms with E-state index in [4.69, 9.17) is 4.74 Å². The number of halogens is 1. The Morgan fingerprint density at radius 2 is 2.15 bits per heavy atom. The molecule has 1 aromatic heterocycles. The van der Waals surface area contributed by atoms with E-state index in [0.717, 1.165) is 24.3 Å². The SMILES string of the molecule is CC1CN(c2ncnc3c(F)cccc23)CC(C)(C)O1. The summed E-state index contributed by atoms with van der Waals surface area (Å²) in [5, 5.41) is 0.748. The lowest BCUT2D eigenvalue weighted by Crippen LogP contribution is -2.52. The van der Waals surface area contributed by atoms with E-state index in [9.17, 15) is 4.39 Å². The van der Waals surface area contributed by atoms with Gasteiger partial charge in [0.05, 0.1) is 11.7 Å². The van der Waals surface area contributed by atoms with Crippen LogP contribution in [0, 0.1) is 5.82 Å². The fourth-order valence-electron chi connectivity index (χ4n) is 2.90. The van der Waals surface area contributed by atoms with E-state index in [-0.39, 0.29) is 17.5 Å². The standard InChI is InChI=1S/C15H18FN3O/c1-10-7-19(8-15(2,3)20-10)14-11-5-4-6-12(16)13(11)17-9-18-14/h4-6,9-10H,7-8H2,1-3H3. The number of anilines is 1. The van der Waals surface area contributed by atoms with Crippen molar-refractivity contribution >= 4 is 16.7 Å². The van der Waals surface area contributed by atoms with Gasteiger partial charge in [0.2, 0.25) is 0 Å². The van der Waals surface area contributed by atoms with Crippen LogP contribution in [0.5, 0.6) is 0 Å². The molecular formula is C15H18FN3O. The Balaban J connectivity index is 2.08. The average Bonchev–Trinajstić information content (AvgIpc) is 2.36. The van der Waals surface area contributed by atoms with Gasteiger partial charge in [0.25, 0.3) is 0 Å². The van der Waals surface area contributed by atoms with Crippen LogP contribution in [-0.4, -0.2) is 34.8 Å². The molecule has 4 nitrogen and oxygen atoms in total. The molecule has 0 saturated carbocycles. The molecule has 1 aromatic carbocycles. The first-order chi connectivity index (χ1) is 9.46. The summed E-state index contributed by atoms with van der Waals surface area (Å²) in [4.78, 5) is 10.6. The normalized spacial score (nSPS) is 22.2. The predicted octanol–water partition coefficient (Wildman–Crippen LogP) is 2.77. The van der Waals surface area contributed by atoms with Gasteiger partial charge in [0.1, 0.15) is 23.5 Å². The number of morpholine rings is 1. The van der Waals surface area contributed by atoms with Crippen molar-refractivity contribution in [2.75, 3.05) is 18.0 Å².